The summed E-state index contributed by atoms with van der Waals surface area (Å²) >= 11 is 0. The molecule has 66 heavy (non-hydrogen) atoms. The van der Waals surface area contributed by atoms with Crippen LogP contribution in [0.5, 0.6) is 0 Å². The molecule has 6 aromatic rings. The number of rotatable bonds is 6. The molecule has 0 atom stereocenters. The molecule has 30 heteroatoms. The minimum Gasteiger partial charge on any atom is -0.744 e. The van der Waals surface area contributed by atoms with Gasteiger partial charge in [-0.3, -0.25) is 0 Å². The van der Waals surface area contributed by atoms with Crippen LogP contribution in [0.2, 0.25) is 0 Å². The third-order valence-electron chi connectivity index (χ3n) is 6.19. The number of hydrogen-bond donors (Lipinski definition) is 0. The fourth-order valence-corrected chi connectivity index (χ4v) is 6.47. The van der Waals surface area contributed by atoms with E-state index < -0.39 is 60.7 Å². The van der Waals surface area contributed by atoms with Gasteiger partial charge >= 0.3 is 177 Å². The average molecular weight is 1080 g/mol. The molecule has 0 bridgehead atoms. The van der Waals surface area contributed by atoms with Crippen LogP contribution in [0.1, 0.15) is 0 Å². The molecule has 0 aliphatic rings. The first-order valence-electron chi connectivity index (χ1n) is 15.7. The Balaban J connectivity index is -0.000000161. The van der Waals surface area contributed by atoms with E-state index in [4.69, 9.17) is 0 Å². The van der Waals surface area contributed by atoms with Crippen molar-refractivity contribution in [1.82, 2.24) is 0 Å². The standard InChI is InChI=1S/6C6H6O3S.6Na/c6*7-10(8,9)6-4-2-1-3-5-6;;;;;;/h6*1-5H,(H,7,8,9);;;;;;/q;;;;;;6*+1/p-6. The summed E-state index contributed by atoms with van der Waals surface area (Å²) in [4.78, 5) is -1.11. The van der Waals surface area contributed by atoms with Crippen LogP contribution in [0.3, 0.4) is 0 Å². The molecule has 0 aliphatic heterocycles. The molecule has 0 heterocycles. The SMILES string of the molecule is O=S(=O)([O-])c1ccccc1.O=S(=O)([O-])c1ccccc1.O=S(=O)([O-])c1ccccc1.O=S(=O)([O-])c1ccccc1.O=S(=O)([O-])c1ccccc1.O=S(=O)([O-])c1ccccc1.[Na+].[Na+].[Na+].[Na+].[Na+].[Na+]. The van der Waals surface area contributed by atoms with E-state index >= 15 is 0 Å². The fraction of sp³-hybridized carbons (Fsp3) is 0. The number of benzene rings is 6. The molecule has 0 fully saturated rings. The summed E-state index contributed by atoms with van der Waals surface area (Å²) in [5.41, 5.74) is 0. The van der Waals surface area contributed by atoms with E-state index in [1.807, 2.05) is 0 Å². The van der Waals surface area contributed by atoms with Gasteiger partial charge in [0.15, 0.2) is 0 Å². The molecule has 0 amide bonds. The molecule has 6 rings (SSSR count). The van der Waals surface area contributed by atoms with E-state index in [-0.39, 0.29) is 207 Å². The van der Waals surface area contributed by atoms with Crippen molar-refractivity contribution in [1.29, 1.82) is 0 Å². The first-order chi connectivity index (χ1) is 27.6. The van der Waals surface area contributed by atoms with Crippen LogP contribution in [-0.4, -0.2) is 77.8 Å². The topological polar surface area (TPSA) is 343 Å². The molecule has 0 N–H and O–H groups in total. The Morgan fingerprint density at radius 1 is 0.182 bits per heavy atom. The molecule has 0 aliphatic carbocycles. The van der Waals surface area contributed by atoms with Gasteiger partial charge in [-0.15, -0.1) is 0 Å². The van der Waals surface area contributed by atoms with E-state index in [9.17, 15) is 77.8 Å². The van der Waals surface area contributed by atoms with E-state index in [0.29, 0.717) is 0 Å². The average Bonchev–Trinajstić information content (AvgIpc) is 3.19. The Morgan fingerprint density at radius 2 is 0.258 bits per heavy atom. The van der Waals surface area contributed by atoms with Crippen molar-refractivity contribution in [3.05, 3.63) is 182 Å². The quantitative estimate of drug-likeness (QED) is 0.110. The molecule has 0 aromatic heterocycles. The number of hydrogen-bond acceptors (Lipinski definition) is 18. The maximum Gasteiger partial charge on any atom is 1.00 e. The fourth-order valence-electron chi connectivity index (χ4n) is 3.52. The van der Waals surface area contributed by atoms with Gasteiger partial charge in [-0.1, -0.05) is 109 Å². The third kappa shape index (κ3) is 36.7. The zero-order chi connectivity index (χ0) is 45.7. The van der Waals surface area contributed by atoms with Gasteiger partial charge in [-0.25, -0.2) is 50.5 Å². The Labute approximate surface area is 518 Å². The molecule has 0 spiro atoms. The van der Waals surface area contributed by atoms with Crippen LogP contribution in [0, 0.1) is 0 Å². The molecule has 0 unspecified atom stereocenters. The van der Waals surface area contributed by atoms with Crippen molar-refractivity contribution in [3.8, 4) is 0 Å². The smallest absolute Gasteiger partial charge is 0.744 e. The van der Waals surface area contributed by atoms with Crippen molar-refractivity contribution in [2.75, 3.05) is 0 Å². The minimum atomic E-state index is -4.25. The summed E-state index contributed by atoms with van der Waals surface area (Å²) in [6, 6.07) is 43.1. The second-order valence-corrected chi connectivity index (χ2v) is 18.9. The molecular weight excluding hydrogens is 1050 g/mol. The second kappa shape index (κ2) is 38.4. The molecule has 0 radical (unpaired) electrons. The van der Waals surface area contributed by atoms with Gasteiger partial charge in [0.1, 0.15) is 60.7 Å². The molecule has 0 saturated heterocycles. The van der Waals surface area contributed by atoms with Crippen molar-refractivity contribution in [2.45, 2.75) is 29.4 Å². The van der Waals surface area contributed by atoms with Crippen LogP contribution >= 0.6 is 0 Å². The first-order valence-corrected chi connectivity index (χ1v) is 24.1. The molecular formula is C36H30Na6O18S6. The van der Waals surface area contributed by atoms with E-state index in [2.05, 4.69) is 0 Å². The van der Waals surface area contributed by atoms with Gasteiger partial charge in [0, 0.05) is 0 Å². The Kier molecular flexibility index (Phi) is 45.5. The van der Waals surface area contributed by atoms with Crippen molar-refractivity contribution >= 4 is 60.7 Å². The van der Waals surface area contributed by atoms with E-state index in [1.54, 1.807) is 36.4 Å². The predicted octanol–water partition coefficient (Wildman–Crippen LogP) is -14.4. The van der Waals surface area contributed by atoms with E-state index in [0.717, 1.165) is 0 Å². The molecule has 6 aromatic carbocycles. The Hall–Kier alpha value is 0.780. The third-order valence-corrected chi connectivity index (χ3v) is 11.3. The first kappa shape index (κ1) is 78.2. The Bertz CT molecular complexity index is 2360. The summed E-state index contributed by atoms with van der Waals surface area (Å²) in [6.45, 7) is 0. The van der Waals surface area contributed by atoms with Gasteiger partial charge < -0.3 is 27.3 Å². The van der Waals surface area contributed by atoms with Gasteiger partial charge in [-0.2, -0.15) is 0 Å². The van der Waals surface area contributed by atoms with Crippen LogP contribution in [0.25, 0.3) is 0 Å². The monoisotopic (exact) mass is 1080 g/mol. The normalized spacial score (nSPS) is 10.3. The maximum absolute atomic E-state index is 10.3. The van der Waals surface area contributed by atoms with Gasteiger partial charge in [0.25, 0.3) is 0 Å². The second-order valence-electron chi connectivity index (χ2n) is 10.6. The summed E-state index contributed by atoms with van der Waals surface area (Å²) in [6.07, 6.45) is 0. The maximum atomic E-state index is 10.3. The Morgan fingerprint density at radius 3 is 0.303 bits per heavy atom. The predicted molar refractivity (Wildman–Crippen MR) is 206 cm³/mol. The van der Waals surface area contributed by atoms with Crippen LogP contribution in [0.4, 0.5) is 0 Å². The van der Waals surface area contributed by atoms with Crippen molar-refractivity contribution < 1.29 is 255 Å². The largest absolute Gasteiger partial charge is 1.00 e. The summed E-state index contributed by atoms with van der Waals surface area (Å²) in [5, 5.41) is 0. The van der Waals surface area contributed by atoms with Gasteiger partial charge in [-0.05, 0) is 72.8 Å². The van der Waals surface area contributed by atoms with Crippen LogP contribution < -0.4 is 177 Å². The van der Waals surface area contributed by atoms with Crippen molar-refractivity contribution in [3.63, 3.8) is 0 Å². The molecule has 324 valence electrons. The zero-order valence-corrected chi connectivity index (χ0v) is 53.0. The van der Waals surface area contributed by atoms with Crippen molar-refractivity contribution in [2.24, 2.45) is 0 Å². The van der Waals surface area contributed by atoms with Crippen LogP contribution in [-0.2, 0) is 60.7 Å². The minimum absolute atomic E-state index is 0. The summed E-state index contributed by atoms with van der Waals surface area (Å²) in [5.74, 6) is 0. The van der Waals surface area contributed by atoms with Gasteiger partial charge in [0.05, 0.1) is 29.4 Å². The van der Waals surface area contributed by atoms with Gasteiger partial charge in [0.2, 0.25) is 0 Å². The molecule has 0 saturated carbocycles. The summed E-state index contributed by atoms with van der Waals surface area (Å²) < 4.78 is 185. The molecule has 18 nitrogen and oxygen atoms in total. The van der Waals surface area contributed by atoms with Crippen LogP contribution in [0.15, 0.2) is 211 Å². The zero-order valence-electron chi connectivity index (χ0n) is 36.1. The van der Waals surface area contributed by atoms with E-state index in [1.165, 1.54) is 146 Å². The summed E-state index contributed by atoms with van der Waals surface area (Å²) in [7, 11) is -25.5.